The number of thioether (sulfide) groups is 1. The Bertz CT molecular complexity index is 447. The van der Waals surface area contributed by atoms with E-state index >= 15 is 0 Å². The van der Waals surface area contributed by atoms with Gasteiger partial charge in [-0.05, 0) is 18.6 Å². The summed E-state index contributed by atoms with van der Waals surface area (Å²) in [4.78, 5) is 21.6. The Hall–Kier alpha value is -1.56. The average Bonchev–Trinajstić information content (AvgIpc) is 2.28. The van der Waals surface area contributed by atoms with Crippen molar-refractivity contribution in [3.63, 3.8) is 0 Å². The maximum atomic E-state index is 10.9. The van der Waals surface area contributed by atoms with Crippen LogP contribution in [0.15, 0.2) is 23.1 Å². The van der Waals surface area contributed by atoms with E-state index in [0.717, 1.165) is 11.3 Å². The molecular formula is C11H13NO4S. The number of nitro groups is 1. The molecule has 5 nitrogen and oxygen atoms in total. The van der Waals surface area contributed by atoms with Crippen molar-refractivity contribution < 1.29 is 14.8 Å². The van der Waals surface area contributed by atoms with Crippen LogP contribution in [0.25, 0.3) is 0 Å². The summed E-state index contributed by atoms with van der Waals surface area (Å²) in [5.74, 6) is -1.27. The lowest BCUT2D eigenvalue weighted by atomic mass is 10.2. The molecule has 0 fully saturated rings. The lowest BCUT2D eigenvalue weighted by molar-refractivity contribution is -0.385. The quantitative estimate of drug-likeness (QED) is 0.496. The monoisotopic (exact) mass is 255 g/mol. The van der Waals surface area contributed by atoms with Crippen molar-refractivity contribution in [2.45, 2.75) is 30.4 Å². The highest BCUT2D eigenvalue weighted by molar-refractivity contribution is 7.99. The number of hydrogen-bond acceptors (Lipinski definition) is 4. The second-order valence-corrected chi connectivity index (χ2v) is 5.09. The molecule has 1 rings (SSSR count). The molecule has 0 aliphatic heterocycles. The van der Waals surface area contributed by atoms with Gasteiger partial charge in [-0.15, -0.1) is 11.8 Å². The van der Waals surface area contributed by atoms with Crippen LogP contribution in [0, 0.1) is 10.1 Å². The first-order chi connectivity index (χ1) is 7.95. The maximum Gasteiger partial charge on any atom is 0.342 e. The van der Waals surface area contributed by atoms with E-state index in [9.17, 15) is 14.9 Å². The molecule has 0 bridgehead atoms. The average molecular weight is 255 g/mol. The van der Waals surface area contributed by atoms with E-state index in [4.69, 9.17) is 5.11 Å². The number of nitrogens with zero attached hydrogens (tertiary/aromatic N) is 1. The molecular weight excluding hydrogens is 242 g/mol. The van der Waals surface area contributed by atoms with Gasteiger partial charge in [0.25, 0.3) is 5.69 Å². The van der Waals surface area contributed by atoms with E-state index in [1.54, 1.807) is 6.07 Å². The Kier molecular flexibility index (Phi) is 4.51. The first-order valence-electron chi connectivity index (χ1n) is 5.14. The van der Waals surface area contributed by atoms with Crippen LogP contribution in [0.1, 0.15) is 30.6 Å². The molecule has 0 spiro atoms. The third kappa shape index (κ3) is 3.45. The number of nitro benzene ring substituents is 1. The highest BCUT2D eigenvalue weighted by Gasteiger charge is 2.20. The zero-order valence-corrected chi connectivity index (χ0v) is 10.4. The van der Waals surface area contributed by atoms with E-state index in [-0.39, 0.29) is 11.3 Å². The lowest BCUT2D eigenvalue weighted by Gasteiger charge is -2.08. The molecule has 1 aromatic carbocycles. The van der Waals surface area contributed by atoms with Crippen molar-refractivity contribution in [2.24, 2.45) is 0 Å². The molecule has 0 aromatic heterocycles. The minimum Gasteiger partial charge on any atom is -0.477 e. The summed E-state index contributed by atoms with van der Waals surface area (Å²) < 4.78 is 0. The predicted molar refractivity (Wildman–Crippen MR) is 65.7 cm³/mol. The third-order valence-corrected chi connectivity index (χ3v) is 3.57. The standard InChI is InChI=1S/C11H13NO4S/c1-3-7(2)17-8-4-5-10(12(15)16)9(6-8)11(13)14/h4-7H,3H2,1-2H3,(H,13,14). The van der Waals surface area contributed by atoms with Gasteiger partial charge in [-0.1, -0.05) is 13.8 Å². The predicted octanol–water partition coefficient (Wildman–Crippen LogP) is 3.18. The Morgan fingerprint density at radius 1 is 1.59 bits per heavy atom. The van der Waals surface area contributed by atoms with Gasteiger partial charge in [0.1, 0.15) is 5.56 Å². The molecule has 6 heteroatoms. The fourth-order valence-electron chi connectivity index (χ4n) is 1.23. The normalized spacial score (nSPS) is 12.1. The van der Waals surface area contributed by atoms with Crippen molar-refractivity contribution in [3.05, 3.63) is 33.9 Å². The van der Waals surface area contributed by atoms with Gasteiger partial charge in [-0.3, -0.25) is 10.1 Å². The zero-order chi connectivity index (χ0) is 13.0. The van der Waals surface area contributed by atoms with E-state index in [1.807, 2.05) is 13.8 Å². The van der Waals surface area contributed by atoms with Crippen molar-refractivity contribution in [2.75, 3.05) is 0 Å². The van der Waals surface area contributed by atoms with Gasteiger partial charge in [0.05, 0.1) is 4.92 Å². The van der Waals surface area contributed by atoms with Gasteiger partial charge in [-0.2, -0.15) is 0 Å². The van der Waals surface area contributed by atoms with Crippen LogP contribution in [0.2, 0.25) is 0 Å². The number of carbonyl (C=O) groups is 1. The first kappa shape index (κ1) is 13.5. The molecule has 1 aromatic rings. The second-order valence-electron chi connectivity index (χ2n) is 3.58. The number of carboxylic acids is 1. The molecule has 1 N–H and O–H groups in total. The summed E-state index contributed by atoms with van der Waals surface area (Å²) in [5, 5.41) is 19.9. The van der Waals surface area contributed by atoms with Gasteiger partial charge in [0, 0.05) is 16.2 Å². The molecule has 0 heterocycles. The largest absolute Gasteiger partial charge is 0.477 e. The number of hydrogen-bond donors (Lipinski definition) is 1. The summed E-state index contributed by atoms with van der Waals surface area (Å²) in [6, 6.07) is 4.19. The number of benzene rings is 1. The number of aromatic carboxylic acids is 1. The zero-order valence-electron chi connectivity index (χ0n) is 9.54. The minimum absolute atomic E-state index is 0.261. The molecule has 92 valence electrons. The van der Waals surface area contributed by atoms with Crippen LogP contribution in [-0.4, -0.2) is 21.2 Å². The van der Waals surface area contributed by atoms with Crippen LogP contribution in [0.3, 0.4) is 0 Å². The third-order valence-electron chi connectivity index (χ3n) is 2.31. The summed E-state index contributed by atoms with van der Waals surface area (Å²) in [7, 11) is 0. The summed E-state index contributed by atoms with van der Waals surface area (Å²) >= 11 is 1.51. The van der Waals surface area contributed by atoms with Crippen LogP contribution in [-0.2, 0) is 0 Å². The molecule has 0 radical (unpaired) electrons. The topological polar surface area (TPSA) is 80.4 Å². The Morgan fingerprint density at radius 3 is 2.71 bits per heavy atom. The first-order valence-corrected chi connectivity index (χ1v) is 6.02. The molecule has 0 saturated heterocycles. The molecule has 0 aliphatic rings. The SMILES string of the molecule is CCC(C)Sc1ccc([N+](=O)[O-])c(C(=O)O)c1. The summed E-state index contributed by atoms with van der Waals surface area (Å²) in [5.41, 5.74) is -0.630. The van der Waals surface area contributed by atoms with E-state index < -0.39 is 10.9 Å². The molecule has 1 atom stereocenters. The summed E-state index contributed by atoms with van der Waals surface area (Å²) in [6.45, 7) is 4.05. The van der Waals surface area contributed by atoms with Gasteiger partial charge < -0.3 is 5.11 Å². The van der Waals surface area contributed by atoms with E-state index in [1.165, 1.54) is 23.9 Å². The Balaban J connectivity index is 3.10. The van der Waals surface area contributed by atoms with Crippen molar-refractivity contribution in [1.29, 1.82) is 0 Å². The molecule has 0 aliphatic carbocycles. The highest BCUT2D eigenvalue weighted by atomic mass is 32.2. The van der Waals surface area contributed by atoms with Crippen molar-refractivity contribution in [3.8, 4) is 0 Å². The highest BCUT2D eigenvalue weighted by Crippen LogP contribution is 2.29. The van der Waals surface area contributed by atoms with Crippen LogP contribution in [0.4, 0.5) is 5.69 Å². The van der Waals surface area contributed by atoms with E-state index in [2.05, 4.69) is 0 Å². The lowest BCUT2D eigenvalue weighted by Crippen LogP contribution is -2.03. The van der Waals surface area contributed by atoms with Gasteiger partial charge >= 0.3 is 5.97 Å². The van der Waals surface area contributed by atoms with Crippen molar-refractivity contribution >= 4 is 23.4 Å². The van der Waals surface area contributed by atoms with E-state index in [0.29, 0.717) is 5.25 Å². The number of rotatable bonds is 5. The molecule has 17 heavy (non-hydrogen) atoms. The van der Waals surface area contributed by atoms with Crippen LogP contribution >= 0.6 is 11.8 Å². The smallest absolute Gasteiger partial charge is 0.342 e. The Labute approximate surface area is 103 Å². The molecule has 0 amide bonds. The fraction of sp³-hybridized carbons (Fsp3) is 0.364. The molecule has 0 saturated carbocycles. The minimum atomic E-state index is -1.27. The maximum absolute atomic E-state index is 10.9. The van der Waals surface area contributed by atoms with Crippen LogP contribution < -0.4 is 0 Å². The van der Waals surface area contributed by atoms with Crippen molar-refractivity contribution in [1.82, 2.24) is 0 Å². The van der Waals surface area contributed by atoms with Gasteiger partial charge in [0.15, 0.2) is 0 Å². The second kappa shape index (κ2) is 5.67. The Morgan fingerprint density at radius 2 is 2.24 bits per heavy atom. The fourth-order valence-corrected chi connectivity index (χ4v) is 2.20. The molecule has 1 unspecified atom stereocenters. The van der Waals surface area contributed by atoms with Gasteiger partial charge in [0.2, 0.25) is 0 Å². The number of carboxylic acid groups (broad SMARTS) is 1. The van der Waals surface area contributed by atoms with Gasteiger partial charge in [-0.25, -0.2) is 4.79 Å². The summed E-state index contributed by atoms with van der Waals surface area (Å²) in [6.07, 6.45) is 0.948. The van der Waals surface area contributed by atoms with Crippen LogP contribution in [0.5, 0.6) is 0 Å².